The zero-order valence-corrected chi connectivity index (χ0v) is 11.6. The van der Waals surface area contributed by atoms with E-state index in [1.165, 1.54) is 16.7 Å². The molecule has 3 heteroatoms. The number of hydrogen-bond donors (Lipinski definition) is 1. The van der Waals surface area contributed by atoms with Crippen LogP contribution in [0, 0.1) is 0 Å². The van der Waals surface area contributed by atoms with E-state index in [2.05, 4.69) is 41.7 Å². The Morgan fingerprint density at radius 1 is 1.10 bits per heavy atom. The summed E-state index contributed by atoms with van der Waals surface area (Å²) >= 11 is 0. The van der Waals surface area contributed by atoms with Crippen LogP contribution < -0.4 is 10.1 Å². The maximum atomic E-state index is 5.81. The number of benzene rings is 2. The van der Waals surface area contributed by atoms with Crippen LogP contribution >= 0.6 is 0 Å². The number of hydrogen-bond acceptors (Lipinski definition) is 3. The molecule has 1 atom stereocenters. The van der Waals surface area contributed by atoms with Crippen LogP contribution in [0.1, 0.15) is 11.7 Å². The molecule has 1 heterocycles. The third kappa shape index (κ3) is 2.84. The van der Waals surface area contributed by atoms with Gasteiger partial charge in [-0.2, -0.15) is 0 Å². The summed E-state index contributed by atoms with van der Waals surface area (Å²) in [6.07, 6.45) is 0.155. The summed E-state index contributed by atoms with van der Waals surface area (Å²) in [4.78, 5) is 0. The first-order valence-electron chi connectivity index (χ1n) is 6.93. The van der Waals surface area contributed by atoms with E-state index in [1.807, 2.05) is 12.1 Å². The van der Waals surface area contributed by atoms with Gasteiger partial charge in [0.25, 0.3) is 0 Å². The quantitative estimate of drug-likeness (QED) is 0.929. The minimum absolute atomic E-state index is 0.155. The monoisotopic (exact) mass is 269 g/mol. The Labute approximate surface area is 119 Å². The lowest BCUT2D eigenvalue weighted by Gasteiger charge is -2.24. The van der Waals surface area contributed by atoms with Gasteiger partial charge >= 0.3 is 0 Å². The van der Waals surface area contributed by atoms with Crippen LogP contribution in [-0.2, 0) is 4.74 Å². The van der Waals surface area contributed by atoms with E-state index in [0.29, 0.717) is 0 Å². The van der Waals surface area contributed by atoms with E-state index in [0.717, 1.165) is 25.4 Å². The standard InChI is InChI=1S/C17H19NO2/c1-19-16-7-5-13(6-8-16)14-3-2-4-15(11-14)17-12-18-9-10-20-17/h2-8,11,17-18H,9-10,12H2,1H3. The van der Waals surface area contributed by atoms with Crippen molar-refractivity contribution in [3.05, 3.63) is 54.1 Å². The van der Waals surface area contributed by atoms with Crippen molar-refractivity contribution >= 4 is 0 Å². The Morgan fingerprint density at radius 3 is 2.65 bits per heavy atom. The van der Waals surface area contributed by atoms with Gasteiger partial charge in [-0.1, -0.05) is 30.3 Å². The van der Waals surface area contributed by atoms with E-state index in [-0.39, 0.29) is 6.10 Å². The molecule has 104 valence electrons. The highest BCUT2D eigenvalue weighted by Gasteiger charge is 2.15. The lowest BCUT2D eigenvalue weighted by molar-refractivity contribution is 0.0277. The van der Waals surface area contributed by atoms with Gasteiger partial charge in [0.05, 0.1) is 19.8 Å². The van der Waals surface area contributed by atoms with Crippen LogP contribution in [0.2, 0.25) is 0 Å². The second-order valence-corrected chi connectivity index (χ2v) is 4.92. The number of morpholine rings is 1. The summed E-state index contributed by atoms with van der Waals surface area (Å²) in [6.45, 7) is 2.60. The predicted octanol–water partition coefficient (Wildman–Crippen LogP) is 3.02. The number of methoxy groups -OCH3 is 1. The van der Waals surface area contributed by atoms with Crippen molar-refractivity contribution < 1.29 is 9.47 Å². The Morgan fingerprint density at radius 2 is 1.95 bits per heavy atom. The van der Waals surface area contributed by atoms with Gasteiger partial charge in [0.15, 0.2) is 0 Å². The number of rotatable bonds is 3. The van der Waals surface area contributed by atoms with Crippen molar-refractivity contribution in [3.63, 3.8) is 0 Å². The molecule has 1 fully saturated rings. The van der Waals surface area contributed by atoms with Crippen LogP contribution in [-0.4, -0.2) is 26.8 Å². The zero-order valence-electron chi connectivity index (χ0n) is 11.6. The van der Waals surface area contributed by atoms with Crippen LogP contribution in [0.15, 0.2) is 48.5 Å². The van der Waals surface area contributed by atoms with E-state index >= 15 is 0 Å². The van der Waals surface area contributed by atoms with Gasteiger partial charge < -0.3 is 14.8 Å². The van der Waals surface area contributed by atoms with Gasteiger partial charge in [0, 0.05) is 13.1 Å². The van der Waals surface area contributed by atoms with E-state index < -0.39 is 0 Å². The largest absolute Gasteiger partial charge is 0.497 e. The highest BCUT2D eigenvalue weighted by atomic mass is 16.5. The first-order valence-corrected chi connectivity index (χ1v) is 6.93. The fraction of sp³-hybridized carbons (Fsp3) is 0.294. The third-order valence-corrected chi connectivity index (χ3v) is 3.61. The molecule has 1 saturated heterocycles. The van der Waals surface area contributed by atoms with Gasteiger partial charge in [-0.15, -0.1) is 0 Å². The smallest absolute Gasteiger partial charge is 0.118 e. The molecule has 0 aliphatic carbocycles. The van der Waals surface area contributed by atoms with E-state index in [4.69, 9.17) is 9.47 Å². The van der Waals surface area contributed by atoms with Crippen LogP contribution in [0.3, 0.4) is 0 Å². The Bertz CT molecular complexity index is 559. The molecule has 0 radical (unpaired) electrons. The fourth-order valence-corrected chi connectivity index (χ4v) is 2.48. The maximum absolute atomic E-state index is 5.81. The molecule has 0 amide bonds. The third-order valence-electron chi connectivity index (χ3n) is 3.61. The molecule has 1 aliphatic heterocycles. The summed E-state index contributed by atoms with van der Waals surface area (Å²) < 4.78 is 11.0. The molecule has 1 aliphatic rings. The SMILES string of the molecule is COc1ccc(-c2cccc(C3CNCCO3)c2)cc1. The van der Waals surface area contributed by atoms with Gasteiger partial charge in [-0.3, -0.25) is 0 Å². The Hall–Kier alpha value is -1.84. The molecule has 1 unspecified atom stereocenters. The Kier molecular flexibility index (Phi) is 4.00. The van der Waals surface area contributed by atoms with Crippen molar-refractivity contribution in [1.82, 2.24) is 5.32 Å². The van der Waals surface area contributed by atoms with E-state index in [9.17, 15) is 0 Å². The summed E-state index contributed by atoms with van der Waals surface area (Å²) in [6, 6.07) is 16.7. The van der Waals surface area contributed by atoms with Gasteiger partial charge in [0.1, 0.15) is 5.75 Å². The highest BCUT2D eigenvalue weighted by Crippen LogP contribution is 2.26. The van der Waals surface area contributed by atoms with Crippen molar-refractivity contribution in [3.8, 4) is 16.9 Å². The molecular formula is C17H19NO2. The average Bonchev–Trinajstić information content (AvgIpc) is 2.56. The minimum atomic E-state index is 0.155. The molecule has 2 aromatic rings. The number of nitrogens with one attached hydrogen (secondary N) is 1. The molecule has 0 bridgehead atoms. The second kappa shape index (κ2) is 6.07. The topological polar surface area (TPSA) is 30.5 Å². The fourth-order valence-electron chi connectivity index (χ4n) is 2.48. The van der Waals surface area contributed by atoms with Gasteiger partial charge in [-0.25, -0.2) is 0 Å². The summed E-state index contributed by atoms with van der Waals surface area (Å²) in [5.41, 5.74) is 3.63. The van der Waals surface area contributed by atoms with Crippen molar-refractivity contribution in [2.45, 2.75) is 6.10 Å². The summed E-state index contributed by atoms with van der Waals surface area (Å²) in [7, 11) is 1.68. The molecule has 0 aromatic heterocycles. The zero-order chi connectivity index (χ0) is 13.8. The molecule has 1 N–H and O–H groups in total. The van der Waals surface area contributed by atoms with Crippen molar-refractivity contribution in [2.24, 2.45) is 0 Å². The normalized spacial score (nSPS) is 18.8. The molecule has 0 spiro atoms. The molecule has 20 heavy (non-hydrogen) atoms. The lowest BCUT2D eigenvalue weighted by Crippen LogP contribution is -2.33. The average molecular weight is 269 g/mol. The van der Waals surface area contributed by atoms with Crippen molar-refractivity contribution in [1.29, 1.82) is 0 Å². The lowest BCUT2D eigenvalue weighted by atomic mass is 10.00. The van der Waals surface area contributed by atoms with E-state index in [1.54, 1.807) is 7.11 Å². The maximum Gasteiger partial charge on any atom is 0.118 e. The molecule has 2 aromatic carbocycles. The van der Waals surface area contributed by atoms with Gasteiger partial charge in [-0.05, 0) is 34.9 Å². The first-order chi connectivity index (χ1) is 9.86. The van der Waals surface area contributed by atoms with Gasteiger partial charge in [0.2, 0.25) is 0 Å². The Balaban J connectivity index is 1.85. The van der Waals surface area contributed by atoms with Crippen LogP contribution in [0.5, 0.6) is 5.75 Å². The summed E-state index contributed by atoms with van der Waals surface area (Å²) in [5, 5.41) is 3.37. The first kappa shape index (κ1) is 13.2. The van der Waals surface area contributed by atoms with Crippen LogP contribution in [0.25, 0.3) is 11.1 Å². The number of ether oxygens (including phenoxy) is 2. The summed E-state index contributed by atoms with van der Waals surface area (Å²) in [5.74, 6) is 0.879. The molecule has 0 saturated carbocycles. The van der Waals surface area contributed by atoms with Crippen molar-refractivity contribution in [2.75, 3.05) is 26.8 Å². The van der Waals surface area contributed by atoms with Crippen LogP contribution in [0.4, 0.5) is 0 Å². The highest BCUT2D eigenvalue weighted by molar-refractivity contribution is 5.65. The molecular weight excluding hydrogens is 250 g/mol. The predicted molar refractivity (Wildman–Crippen MR) is 80.0 cm³/mol. The minimum Gasteiger partial charge on any atom is -0.497 e. The molecule has 3 nitrogen and oxygen atoms in total. The molecule has 3 rings (SSSR count). The second-order valence-electron chi connectivity index (χ2n) is 4.92.